The van der Waals surface area contributed by atoms with Gasteiger partial charge in [-0.25, -0.2) is 5.01 Å². The second-order valence-electron chi connectivity index (χ2n) is 9.07. The Morgan fingerprint density at radius 2 is 1.89 bits per heavy atom. The third kappa shape index (κ3) is 5.79. The highest BCUT2D eigenvalue weighted by molar-refractivity contribution is 8.15. The standard InChI is InChI=1S/C29H28N4O3S2/c1-18-7-9-19(10-8-18)24-16-25(20-11-13-22(36-2)14-12-20)33(32-24)29-31-28(35)26(38-29)17-27(34)30-21-5-4-6-23(15-21)37-3/h4-15,25-26H,16-17H2,1-3H3,(H,30,34)/t25-,26+/m0/s1. The third-order valence-electron chi connectivity index (χ3n) is 6.44. The summed E-state index contributed by atoms with van der Waals surface area (Å²) in [5.74, 6) is 0.239. The summed E-state index contributed by atoms with van der Waals surface area (Å²) < 4.78 is 5.33. The van der Waals surface area contributed by atoms with Gasteiger partial charge in [0.05, 0.1) is 18.9 Å². The SMILES string of the molecule is COc1ccc([C@@H]2CC(c3ccc(C)cc3)=NN2C2=NC(=O)[C@@H](CC(=O)Nc3cccc(SC)c3)S2)cc1. The van der Waals surface area contributed by atoms with Gasteiger partial charge in [-0.3, -0.25) is 9.59 Å². The van der Waals surface area contributed by atoms with Crippen molar-refractivity contribution in [2.75, 3.05) is 18.7 Å². The van der Waals surface area contributed by atoms with Crippen molar-refractivity contribution >= 4 is 51.9 Å². The Balaban J connectivity index is 1.34. The minimum atomic E-state index is -0.594. The van der Waals surface area contributed by atoms with Crippen LogP contribution in [0.4, 0.5) is 5.69 Å². The van der Waals surface area contributed by atoms with E-state index in [0.29, 0.717) is 17.3 Å². The topological polar surface area (TPSA) is 83.4 Å². The number of hydrogen-bond acceptors (Lipinski definition) is 7. The molecule has 194 valence electrons. The first kappa shape index (κ1) is 26.1. The number of thioether (sulfide) groups is 2. The van der Waals surface area contributed by atoms with E-state index in [1.807, 2.05) is 59.8 Å². The van der Waals surface area contributed by atoms with Gasteiger partial charge >= 0.3 is 0 Å². The van der Waals surface area contributed by atoms with Crippen LogP contribution in [-0.4, -0.2) is 46.3 Å². The van der Waals surface area contributed by atoms with E-state index in [1.54, 1.807) is 18.9 Å². The molecule has 2 heterocycles. The number of nitrogens with zero attached hydrogens (tertiary/aromatic N) is 3. The molecule has 3 aromatic carbocycles. The zero-order chi connectivity index (χ0) is 26.6. The van der Waals surface area contributed by atoms with E-state index in [-0.39, 0.29) is 24.3 Å². The second-order valence-corrected chi connectivity index (χ2v) is 11.1. The normalized spacial score (nSPS) is 18.8. The minimum Gasteiger partial charge on any atom is -0.497 e. The summed E-state index contributed by atoms with van der Waals surface area (Å²) in [5.41, 5.74) is 4.90. The molecule has 0 bridgehead atoms. The molecule has 0 aromatic heterocycles. The molecule has 9 heteroatoms. The molecule has 0 saturated carbocycles. The predicted molar refractivity (Wildman–Crippen MR) is 155 cm³/mol. The van der Waals surface area contributed by atoms with Crippen LogP contribution in [0.5, 0.6) is 5.75 Å². The number of methoxy groups -OCH3 is 1. The van der Waals surface area contributed by atoms with Gasteiger partial charge in [-0.2, -0.15) is 10.1 Å². The smallest absolute Gasteiger partial charge is 0.262 e. The van der Waals surface area contributed by atoms with Crippen molar-refractivity contribution in [1.29, 1.82) is 0 Å². The van der Waals surface area contributed by atoms with Crippen molar-refractivity contribution in [2.45, 2.75) is 36.0 Å². The lowest BCUT2D eigenvalue weighted by atomic mass is 9.98. The van der Waals surface area contributed by atoms with E-state index < -0.39 is 5.25 Å². The molecular formula is C29H28N4O3S2. The molecule has 0 unspecified atom stereocenters. The van der Waals surface area contributed by atoms with Crippen molar-refractivity contribution in [3.8, 4) is 5.75 Å². The number of hydrogen-bond donors (Lipinski definition) is 1. The van der Waals surface area contributed by atoms with E-state index >= 15 is 0 Å². The maximum atomic E-state index is 12.9. The summed E-state index contributed by atoms with van der Waals surface area (Å²) in [6.07, 6.45) is 2.69. The molecule has 3 aromatic rings. The number of aryl methyl sites for hydroxylation is 1. The molecule has 5 rings (SSSR count). The number of anilines is 1. The number of nitrogens with one attached hydrogen (secondary N) is 1. The molecule has 7 nitrogen and oxygen atoms in total. The highest BCUT2D eigenvalue weighted by atomic mass is 32.2. The number of carbonyl (C=O) groups excluding carboxylic acids is 2. The number of aliphatic imine (C=N–C) groups is 1. The Morgan fingerprint density at radius 1 is 1.13 bits per heavy atom. The lowest BCUT2D eigenvalue weighted by Crippen LogP contribution is -2.25. The Labute approximate surface area is 230 Å². The summed E-state index contributed by atoms with van der Waals surface area (Å²) in [6.45, 7) is 2.05. The zero-order valence-electron chi connectivity index (χ0n) is 21.4. The minimum absolute atomic E-state index is 0.0373. The van der Waals surface area contributed by atoms with E-state index in [1.165, 1.54) is 17.3 Å². The van der Waals surface area contributed by atoms with Crippen LogP contribution in [0.25, 0.3) is 0 Å². The lowest BCUT2D eigenvalue weighted by Gasteiger charge is -2.23. The van der Waals surface area contributed by atoms with Crippen LogP contribution in [0.15, 0.2) is 87.8 Å². The highest BCUT2D eigenvalue weighted by Gasteiger charge is 2.39. The maximum absolute atomic E-state index is 12.9. The van der Waals surface area contributed by atoms with Gasteiger partial charge in [0.15, 0.2) is 5.17 Å². The van der Waals surface area contributed by atoms with E-state index in [9.17, 15) is 9.59 Å². The lowest BCUT2D eigenvalue weighted by molar-refractivity contribution is -0.121. The number of rotatable bonds is 7. The Morgan fingerprint density at radius 3 is 2.61 bits per heavy atom. The third-order valence-corrected chi connectivity index (χ3v) is 8.31. The molecular weight excluding hydrogens is 516 g/mol. The molecule has 0 saturated heterocycles. The van der Waals surface area contributed by atoms with Gasteiger partial charge in [-0.1, -0.05) is 59.8 Å². The first-order valence-electron chi connectivity index (χ1n) is 12.2. The van der Waals surface area contributed by atoms with Gasteiger partial charge in [0.25, 0.3) is 5.91 Å². The number of carbonyl (C=O) groups is 2. The number of hydrazone groups is 1. The van der Waals surface area contributed by atoms with Gasteiger partial charge in [-0.15, -0.1) is 11.8 Å². The average molecular weight is 545 g/mol. The fourth-order valence-electron chi connectivity index (χ4n) is 4.38. The molecule has 0 spiro atoms. The predicted octanol–water partition coefficient (Wildman–Crippen LogP) is 5.90. The molecule has 38 heavy (non-hydrogen) atoms. The molecule has 2 aliphatic heterocycles. The summed E-state index contributed by atoms with van der Waals surface area (Å²) in [5, 5.41) is 9.58. The highest BCUT2D eigenvalue weighted by Crippen LogP contribution is 2.39. The summed E-state index contributed by atoms with van der Waals surface area (Å²) in [7, 11) is 1.64. The van der Waals surface area contributed by atoms with Crippen molar-refractivity contribution in [1.82, 2.24) is 5.01 Å². The number of benzene rings is 3. The van der Waals surface area contributed by atoms with Gasteiger partial charge in [0, 0.05) is 23.4 Å². The maximum Gasteiger partial charge on any atom is 0.262 e. The monoisotopic (exact) mass is 544 g/mol. The average Bonchev–Trinajstić information content (AvgIpc) is 3.53. The van der Waals surface area contributed by atoms with Gasteiger partial charge in [-0.05, 0) is 54.6 Å². The van der Waals surface area contributed by atoms with Crippen molar-refractivity contribution in [3.63, 3.8) is 0 Å². The van der Waals surface area contributed by atoms with Gasteiger partial charge in [0.2, 0.25) is 5.91 Å². The van der Waals surface area contributed by atoms with E-state index in [4.69, 9.17) is 9.84 Å². The molecule has 0 fully saturated rings. The van der Waals surface area contributed by atoms with E-state index in [0.717, 1.165) is 27.5 Å². The largest absolute Gasteiger partial charge is 0.497 e. The quantitative estimate of drug-likeness (QED) is 0.373. The first-order chi connectivity index (χ1) is 18.4. The van der Waals surface area contributed by atoms with Crippen LogP contribution in [0.1, 0.15) is 35.6 Å². The van der Waals surface area contributed by atoms with Crippen LogP contribution < -0.4 is 10.1 Å². The fourth-order valence-corrected chi connectivity index (χ4v) is 5.90. The first-order valence-corrected chi connectivity index (χ1v) is 14.3. The molecule has 0 aliphatic carbocycles. The summed E-state index contributed by atoms with van der Waals surface area (Å²) >= 11 is 2.90. The molecule has 2 amide bonds. The van der Waals surface area contributed by atoms with E-state index in [2.05, 4.69) is 41.5 Å². The van der Waals surface area contributed by atoms with Crippen molar-refractivity contribution in [3.05, 3.63) is 89.5 Å². The molecule has 0 radical (unpaired) electrons. The summed E-state index contributed by atoms with van der Waals surface area (Å²) in [6, 6.07) is 23.6. The number of amides is 2. The molecule has 2 aliphatic rings. The number of ether oxygens (including phenoxy) is 1. The Kier molecular flexibility index (Phi) is 7.85. The van der Waals surface area contributed by atoms with Crippen molar-refractivity contribution < 1.29 is 14.3 Å². The Hall–Kier alpha value is -3.56. The van der Waals surface area contributed by atoms with Gasteiger partial charge in [0.1, 0.15) is 11.0 Å². The van der Waals surface area contributed by atoms with Crippen LogP contribution in [-0.2, 0) is 9.59 Å². The van der Waals surface area contributed by atoms with Gasteiger partial charge < -0.3 is 10.1 Å². The van der Waals surface area contributed by atoms with Crippen LogP contribution in [0.2, 0.25) is 0 Å². The Bertz CT molecular complexity index is 1400. The molecule has 1 N–H and O–H groups in total. The molecule has 2 atom stereocenters. The van der Waals surface area contributed by atoms with Crippen molar-refractivity contribution in [2.24, 2.45) is 10.1 Å². The van der Waals surface area contributed by atoms with Crippen LogP contribution >= 0.6 is 23.5 Å². The fraction of sp³-hybridized carbons (Fsp3) is 0.241. The number of amidine groups is 1. The summed E-state index contributed by atoms with van der Waals surface area (Å²) in [4.78, 5) is 31.0. The van der Waals surface area contributed by atoms with Crippen LogP contribution in [0.3, 0.4) is 0 Å². The zero-order valence-corrected chi connectivity index (χ0v) is 23.0. The van der Waals surface area contributed by atoms with Crippen LogP contribution in [0, 0.1) is 6.92 Å². The second kappa shape index (κ2) is 11.4.